The fraction of sp³-hybridized carbons (Fsp3) is 0. The van der Waals surface area contributed by atoms with Gasteiger partial charge < -0.3 is 0 Å². The van der Waals surface area contributed by atoms with Crippen molar-refractivity contribution in [2.45, 2.75) is 0 Å². The molecule has 0 atom stereocenters. The summed E-state index contributed by atoms with van der Waals surface area (Å²) in [6.45, 7) is 0. The van der Waals surface area contributed by atoms with Gasteiger partial charge in [-0.05, 0) is 71.7 Å². The van der Waals surface area contributed by atoms with Crippen LogP contribution in [0.5, 0.6) is 0 Å². The van der Waals surface area contributed by atoms with Crippen molar-refractivity contribution in [3.05, 3.63) is 145 Å². The quantitative estimate of drug-likeness (QED) is 0.221. The topological polar surface area (TPSA) is 0 Å². The molecule has 0 saturated carbocycles. The zero-order valence-corrected chi connectivity index (χ0v) is 18.0. The number of rotatable bonds is 3. The predicted octanol–water partition coefficient (Wildman–Crippen LogP) is 10.1. The Morgan fingerprint density at radius 3 is 1.64 bits per heavy atom. The number of hydrogen-bond acceptors (Lipinski definition) is 0. The van der Waals surface area contributed by atoms with E-state index in [0.717, 1.165) is 0 Å². The van der Waals surface area contributed by atoms with Crippen LogP contribution in [-0.2, 0) is 0 Å². The molecule has 0 fully saturated rings. The highest BCUT2D eigenvalue weighted by atomic mass is 14.2. The first-order chi connectivity index (χ1) is 27.9. The second-order valence-electron chi connectivity index (χ2n) is 7.50. The summed E-state index contributed by atoms with van der Waals surface area (Å²) in [4.78, 5) is 0. The molecule has 0 nitrogen and oxygen atoms in total. The van der Waals surface area contributed by atoms with Gasteiger partial charge in [0, 0.05) is 0 Å². The first kappa shape index (κ1) is 7.66. The third kappa shape index (κ3) is 3.31. The van der Waals surface area contributed by atoms with E-state index in [1.807, 2.05) is 0 Å². The summed E-state index contributed by atoms with van der Waals surface area (Å²) < 4.78 is 211. The van der Waals surface area contributed by atoms with Gasteiger partial charge in [-0.25, -0.2) is 0 Å². The lowest BCUT2D eigenvalue weighted by Gasteiger charge is -2.20. The summed E-state index contributed by atoms with van der Waals surface area (Å²) >= 11 is 0. The van der Waals surface area contributed by atoms with Crippen molar-refractivity contribution in [2.75, 3.05) is 0 Å². The van der Waals surface area contributed by atoms with Crippen LogP contribution < -0.4 is 0 Å². The Labute approximate surface area is 244 Å². The van der Waals surface area contributed by atoms with Crippen LogP contribution in [-0.4, -0.2) is 0 Å². The molecule has 0 heteroatoms. The average molecular weight is 481 g/mol. The van der Waals surface area contributed by atoms with Crippen molar-refractivity contribution in [3.63, 3.8) is 0 Å². The largest absolute Gasteiger partial charge is 0.0636 e. The van der Waals surface area contributed by atoms with E-state index in [9.17, 15) is 8.22 Å². The molecule has 0 amide bonds. The van der Waals surface area contributed by atoms with E-state index in [0.29, 0.717) is 0 Å². The van der Waals surface area contributed by atoms with Gasteiger partial charge in [-0.3, -0.25) is 0 Å². The normalized spacial score (nSPS) is 20.7. The summed E-state index contributed by atoms with van der Waals surface area (Å²) in [6, 6.07) is -22.6. The predicted molar refractivity (Wildman–Crippen MR) is 155 cm³/mol. The van der Waals surface area contributed by atoms with Gasteiger partial charge in [0.25, 0.3) is 0 Å². The molecule has 7 aromatic carbocycles. The van der Waals surface area contributed by atoms with Crippen LogP contribution in [0.15, 0.2) is 145 Å². The van der Waals surface area contributed by atoms with Crippen molar-refractivity contribution in [3.8, 4) is 33.4 Å². The highest BCUT2D eigenvalue weighted by molar-refractivity contribution is 6.24. The van der Waals surface area contributed by atoms with E-state index in [4.69, 9.17) is 24.7 Å². The number of hydrogen-bond donors (Lipinski definition) is 0. The average Bonchev–Trinajstić information content (AvgIpc) is 3.21. The Hall–Kier alpha value is -4.68. The first-order valence-corrected chi connectivity index (χ1v) is 10.5. The monoisotopic (exact) mass is 480 g/mol. The standard InChI is InChI=1S/C36H24/c1-3-13-26(14-4-1)34-31-18-9-10-19-32(31)35(27-15-5-2-6-16-27)36-30(20-11-21-33(34)36)29-23-22-25-12-7-8-17-28(25)24-29/h1-24H/i1D,2D,3D,4D,5D,6D,7D,8D,9D,10D,11D,12D,13D,14D,15D,16D,17D,18D,19D,20D,21D,22D,23D,24D. The molecule has 0 unspecified atom stereocenters. The zero-order chi connectivity index (χ0) is 44.8. The maximum atomic E-state index is 9.38. The molecule has 0 saturated heterocycles. The minimum atomic E-state index is -1.04. The van der Waals surface area contributed by atoms with Crippen molar-refractivity contribution in [1.82, 2.24) is 0 Å². The minimum absolute atomic E-state index is 0.580. The van der Waals surface area contributed by atoms with Crippen LogP contribution in [0.2, 0.25) is 0 Å². The third-order valence-corrected chi connectivity index (χ3v) is 5.56. The van der Waals surface area contributed by atoms with E-state index in [1.165, 1.54) is 0 Å². The fourth-order valence-corrected chi connectivity index (χ4v) is 4.12. The number of fused-ring (bicyclic) bond motifs is 3. The van der Waals surface area contributed by atoms with E-state index < -0.39 is 211 Å². The zero-order valence-electron chi connectivity index (χ0n) is 42.0. The van der Waals surface area contributed by atoms with Gasteiger partial charge in [0.1, 0.15) is 0 Å². The van der Waals surface area contributed by atoms with Crippen molar-refractivity contribution < 1.29 is 32.9 Å². The van der Waals surface area contributed by atoms with Gasteiger partial charge in [0.05, 0.1) is 32.9 Å². The van der Waals surface area contributed by atoms with Gasteiger partial charge in [0.2, 0.25) is 0 Å². The lowest BCUT2D eigenvalue weighted by molar-refractivity contribution is 1.64. The lowest BCUT2D eigenvalue weighted by atomic mass is 9.83. The Balaban J connectivity index is 2.02. The fourth-order valence-electron chi connectivity index (χ4n) is 4.12. The lowest BCUT2D eigenvalue weighted by Crippen LogP contribution is -1.93. The Morgan fingerprint density at radius 1 is 0.361 bits per heavy atom. The smallest absolute Gasteiger partial charge is 0.0622 e. The SMILES string of the molecule is [2H]c1c([2H])c([2H])c(-c2c3c([2H])c([2H])c([2H])c([2H])c3c(-c3c([2H])c([2H])c([2H])c([2H])c3[2H])c3c(-c4c([2H])c([2H])c5c([2H])c([2H])c([2H])c([2H])c5c4[2H])c([2H])c([2H])c([2H])c23)c([2H])c1[2H]. The van der Waals surface area contributed by atoms with Crippen LogP contribution in [0.1, 0.15) is 32.9 Å². The minimum Gasteiger partial charge on any atom is -0.0622 e. The van der Waals surface area contributed by atoms with Gasteiger partial charge in [0.15, 0.2) is 0 Å². The van der Waals surface area contributed by atoms with E-state index in [2.05, 4.69) is 0 Å². The second-order valence-corrected chi connectivity index (χ2v) is 7.50. The molecule has 0 N–H and O–H groups in total. The third-order valence-electron chi connectivity index (χ3n) is 5.56. The molecule has 0 aliphatic carbocycles. The molecule has 7 aromatic rings. The molecular formula is C36H24. The Morgan fingerprint density at radius 2 is 0.917 bits per heavy atom. The Kier molecular flexibility index (Phi) is 1.81. The van der Waals surface area contributed by atoms with Crippen LogP contribution in [0, 0.1) is 0 Å². The second kappa shape index (κ2) is 8.52. The van der Waals surface area contributed by atoms with Crippen LogP contribution in [0.4, 0.5) is 0 Å². The van der Waals surface area contributed by atoms with Gasteiger partial charge in [-0.2, -0.15) is 0 Å². The molecule has 36 heavy (non-hydrogen) atoms. The van der Waals surface area contributed by atoms with E-state index >= 15 is 0 Å². The van der Waals surface area contributed by atoms with Crippen LogP contribution in [0.3, 0.4) is 0 Å². The van der Waals surface area contributed by atoms with E-state index in [1.54, 1.807) is 0 Å². The molecule has 0 aromatic heterocycles. The molecular weight excluding hydrogens is 432 g/mol. The summed E-state index contributed by atoms with van der Waals surface area (Å²) in [5.74, 6) is 0. The van der Waals surface area contributed by atoms with Crippen molar-refractivity contribution >= 4 is 32.3 Å². The summed E-state index contributed by atoms with van der Waals surface area (Å²) in [7, 11) is 0. The summed E-state index contributed by atoms with van der Waals surface area (Å²) in [5, 5.41) is -4.12. The van der Waals surface area contributed by atoms with E-state index in [-0.39, 0.29) is 0 Å². The van der Waals surface area contributed by atoms with Crippen molar-refractivity contribution in [2.24, 2.45) is 0 Å². The van der Waals surface area contributed by atoms with Gasteiger partial charge >= 0.3 is 0 Å². The molecule has 168 valence electrons. The molecule has 0 aliphatic rings. The molecule has 0 heterocycles. The number of benzene rings is 7. The maximum Gasteiger partial charge on any atom is 0.0636 e. The highest BCUT2D eigenvalue weighted by Crippen LogP contribution is 2.47. The van der Waals surface area contributed by atoms with Gasteiger partial charge in [-0.1, -0.05) is 139 Å². The molecule has 0 spiro atoms. The molecule has 7 rings (SSSR count). The molecule has 0 bridgehead atoms. The Bertz CT molecular complexity index is 3130. The first-order valence-electron chi connectivity index (χ1n) is 22.5. The van der Waals surface area contributed by atoms with Gasteiger partial charge in [-0.15, -0.1) is 0 Å². The van der Waals surface area contributed by atoms with Crippen LogP contribution >= 0.6 is 0 Å². The molecule has 0 radical (unpaired) electrons. The summed E-state index contributed by atoms with van der Waals surface area (Å²) in [6.07, 6.45) is 0. The maximum absolute atomic E-state index is 9.38. The summed E-state index contributed by atoms with van der Waals surface area (Å²) in [5.41, 5.74) is -4.67. The highest BCUT2D eigenvalue weighted by Gasteiger charge is 2.19. The van der Waals surface area contributed by atoms with Crippen LogP contribution in [0.25, 0.3) is 65.7 Å². The molecule has 0 aliphatic heterocycles. The van der Waals surface area contributed by atoms with Crippen molar-refractivity contribution in [1.29, 1.82) is 0 Å².